The molecule has 0 saturated carbocycles. The van der Waals surface area contributed by atoms with Gasteiger partial charge in [-0.05, 0) is 35.1 Å². The summed E-state index contributed by atoms with van der Waals surface area (Å²) in [5.74, 6) is 1.62. The second-order valence-corrected chi connectivity index (χ2v) is 6.81. The Hall–Kier alpha value is -1.26. The van der Waals surface area contributed by atoms with Crippen molar-refractivity contribution in [2.75, 3.05) is 27.3 Å². The van der Waals surface area contributed by atoms with E-state index in [0.717, 1.165) is 31.0 Å². The number of nitrogens with two attached hydrogens (primary N) is 1. The number of rotatable bonds is 4. The van der Waals surface area contributed by atoms with Crippen LogP contribution in [0.3, 0.4) is 0 Å². The molecule has 1 unspecified atom stereocenters. The maximum atomic E-state index is 6.03. The molecule has 0 saturated heterocycles. The summed E-state index contributed by atoms with van der Waals surface area (Å²) in [6.45, 7) is 9.43. The third-order valence-corrected chi connectivity index (χ3v) is 4.41. The van der Waals surface area contributed by atoms with Gasteiger partial charge in [-0.2, -0.15) is 0 Å². The van der Waals surface area contributed by atoms with Gasteiger partial charge in [0.1, 0.15) is 0 Å². The fraction of sp³-hybridized carbons (Fsp3) is 0.647. The molecule has 0 bridgehead atoms. The average molecular weight is 292 g/mol. The van der Waals surface area contributed by atoms with Gasteiger partial charge in [0.05, 0.1) is 14.2 Å². The first kappa shape index (κ1) is 16.1. The van der Waals surface area contributed by atoms with Crippen LogP contribution in [0.25, 0.3) is 0 Å². The van der Waals surface area contributed by atoms with Crippen LogP contribution in [-0.2, 0) is 13.0 Å². The van der Waals surface area contributed by atoms with Crippen LogP contribution in [0.1, 0.15) is 31.9 Å². The summed E-state index contributed by atoms with van der Waals surface area (Å²) in [4.78, 5) is 2.49. The highest BCUT2D eigenvalue weighted by Gasteiger charge is 2.31. The van der Waals surface area contributed by atoms with Gasteiger partial charge in [0.15, 0.2) is 11.5 Å². The molecule has 0 aromatic heterocycles. The molecule has 1 aromatic rings. The van der Waals surface area contributed by atoms with Gasteiger partial charge in [0.2, 0.25) is 0 Å². The lowest BCUT2D eigenvalue weighted by atomic mass is 9.84. The predicted molar refractivity (Wildman–Crippen MR) is 86.0 cm³/mol. The minimum Gasteiger partial charge on any atom is -0.493 e. The van der Waals surface area contributed by atoms with Crippen molar-refractivity contribution >= 4 is 0 Å². The third kappa shape index (κ3) is 3.33. The van der Waals surface area contributed by atoms with Crippen LogP contribution in [0.4, 0.5) is 0 Å². The van der Waals surface area contributed by atoms with Gasteiger partial charge in [0, 0.05) is 25.7 Å². The molecule has 1 atom stereocenters. The molecule has 0 radical (unpaired) electrons. The van der Waals surface area contributed by atoms with Gasteiger partial charge >= 0.3 is 0 Å². The summed E-state index contributed by atoms with van der Waals surface area (Å²) in [6.07, 6.45) is 1.03. The quantitative estimate of drug-likeness (QED) is 0.926. The highest BCUT2D eigenvalue weighted by Crippen LogP contribution is 2.35. The second-order valence-electron chi connectivity index (χ2n) is 6.81. The molecule has 1 aliphatic heterocycles. The standard InChI is InChI=1S/C17H28N2O2/c1-17(2,3)16(10-18)19-7-6-12-8-14(20-4)15(21-5)9-13(12)11-19/h8-9,16H,6-7,10-11,18H2,1-5H3. The fourth-order valence-corrected chi connectivity index (χ4v) is 3.22. The number of hydrogen-bond acceptors (Lipinski definition) is 4. The Morgan fingerprint density at radius 2 is 1.71 bits per heavy atom. The monoisotopic (exact) mass is 292 g/mol. The summed E-state index contributed by atoms with van der Waals surface area (Å²) in [5.41, 5.74) is 8.88. The summed E-state index contributed by atoms with van der Waals surface area (Å²) >= 11 is 0. The minimum absolute atomic E-state index is 0.183. The smallest absolute Gasteiger partial charge is 0.161 e. The predicted octanol–water partition coefficient (Wildman–Crippen LogP) is 2.44. The minimum atomic E-state index is 0.183. The van der Waals surface area contributed by atoms with Crippen LogP contribution < -0.4 is 15.2 Å². The van der Waals surface area contributed by atoms with Crippen molar-refractivity contribution in [3.05, 3.63) is 23.3 Å². The van der Waals surface area contributed by atoms with Gasteiger partial charge in [-0.15, -0.1) is 0 Å². The Labute approximate surface area is 128 Å². The molecule has 1 aliphatic rings. The van der Waals surface area contributed by atoms with E-state index in [4.69, 9.17) is 15.2 Å². The second kappa shape index (κ2) is 6.24. The molecule has 118 valence electrons. The first-order valence-corrected chi connectivity index (χ1v) is 7.58. The van der Waals surface area contributed by atoms with E-state index < -0.39 is 0 Å². The first-order chi connectivity index (χ1) is 9.90. The zero-order chi connectivity index (χ0) is 15.6. The van der Waals surface area contributed by atoms with Crippen LogP contribution in [-0.4, -0.2) is 38.3 Å². The Bertz CT molecular complexity index is 494. The lowest BCUT2D eigenvalue weighted by Crippen LogP contribution is -2.50. The Morgan fingerprint density at radius 1 is 1.14 bits per heavy atom. The fourth-order valence-electron chi connectivity index (χ4n) is 3.22. The highest BCUT2D eigenvalue weighted by molar-refractivity contribution is 5.48. The number of hydrogen-bond donors (Lipinski definition) is 1. The molecule has 1 aromatic carbocycles. The molecule has 1 heterocycles. The van der Waals surface area contributed by atoms with Crippen LogP contribution in [0.2, 0.25) is 0 Å². The highest BCUT2D eigenvalue weighted by atomic mass is 16.5. The number of fused-ring (bicyclic) bond motifs is 1. The van der Waals surface area contributed by atoms with Crippen LogP contribution >= 0.6 is 0 Å². The van der Waals surface area contributed by atoms with Gasteiger partial charge < -0.3 is 15.2 Å². The van der Waals surface area contributed by atoms with E-state index in [9.17, 15) is 0 Å². The average Bonchev–Trinajstić information content (AvgIpc) is 2.44. The van der Waals surface area contributed by atoms with Gasteiger partial charge in [-0.1, -0.05) is 20.8 Å². The first-order valence-electron chi connectivity index (χ1n) is 7.58. The van der Waals surface area contributed by atoms with E-state index in [0.29, 0.717) is 12.6 Å². The Balaban J connectivity index is 2.27. The SMILES string of the molecule is COc1cc2c(cc1OC)CN(C(CN)C(C)(C)C)CC2. The summed E-state index contributed by atoms with van der Waals surface area (Å²) in [5, 5.41) is 0. The maximum absolute atomic E-state index is 6.03. The number of ether oxygens (including phenoxy) is 2. The lowest BCUT2D eigenvalue weighted by Gasteiger charge is -2.42. The normalized spacial score (nSPS) is 17.2. The van der Waals surface area contributed by atoms with E-state index in [-0.39, 0.29) is 5.41 Å². The van der Waals surface area contributed by atoms with Crippen molar-refractivity contribution in [3.63, 3.8) is 0 Å². The molecule has 4 nitrogen and oxygen atoms in total. The molecule has 4 heteroatoms. The van der Waals surface area contributed by atoms with Crippen molar-refractivity contribution < 1.29 is 9.47 Å². The maximum Gasteiger partial charge on any atom is 0.161 e. The molecule has 0 aliphatic carbocycles. The molecule has 21 heavy (non-hydrogen) atoms. The van der Waals surface area contributed by atoms with Crippen molar-refractivity contribution in [1.82, 2.24) is 4.90 Å². The van der Waals surface area contributed by atoms with Crippen LogP contribution in [0.15, 0.2) is 12.1 Å². The summed E-state index contributed by atoms with van der Waals surface area (Å²) in [6, 6.07) is 4.61. The molecule has 2 rings (SSSR count). The van der Waals surface area contributed by atoms with Crippen molar-refractivity contribution in [3.8, 4) is 11.5 Å². The molecule has 0 spiro atoms. The number of nitrogens with zero attached hydrogens (tertiary/aromatic N) is 1. The zero-order valence-corrected chi connectivity index (χ0v) is 13.9. The summed E-state index contributed by atoms with van der Waals surface area (Å²) < 4.78 is 10.8. The van der Waals surface area contributed by atoms with Gasteiger partial charge in [-0.25, -0.2) is 0 Å². The molecular formula is C17H28N2O2. The molecule has 2 N–H and O–H groups in total. The number of benzene rings is 1. The van der Waals surface area contributed by atoms with Crippen molar-refractivity contribution in [1.29, 1.82) is 0 Å². The van der Waals surface area contributed by atoms with Crippen molar-refractivity contribution in [2.24, 2.45) is 11.1 Å². The van der Waals surface area contributed by atoms with E-state index in [1.165, 1.54) is 11.1 Å². The Morgan fingerprint density at radius 3 is 2.19 bits per heavy atom. The molecule has 0 fully saturated rings. The van der Waals surface area contributed by atoms with Crippen molar-refractivity contribution in [2.45, 2.75) is 39.8 Å². The van der Waals surface area contributed by atoms with E-state index >= 15 is 0 Å². The van der Waals surface area contributed by atoms with Crippen LogP contribution in [0, 0.1) is 5.41 Å². The van der Waals surface area contributed by atoms with E-state index in [1.807, 2.05) is 0 Å². The number of methoxy groups -OCH3 is 2. The van der Waals surface area contributed by atoms with Gasteiger partial charge in [0.25, 0.3) is 0 Å². The topological polar surface area (TPSA) is 47.7 Å². The van der Waals surface area contributed by atoms with E-state index in [1.54, 1.807) is 14.2 Å². The van der Waals surface area contributed by atoms with Gasteiger partial charge in [-0.3, -0.25) is 4.90 Å². The zero-order valence-electron chi connectivity index (χ0n) is 13.9. The largest absolute Gasteiger partial charge is 0.493 e. The van der Waals surface area contributed by atoms with Crippen LogP contribution in [0.5, 0.6) is 11.5 Å². The lowest BCUT2D eigenvalue weighted by molar-refractivity contribution is 0.0921. The molecular weight excluding hydrogens is 264 g/mol. The Kier molecular flexibility index (Phi) is 4.79. The van der Waals surface area contributed by atoms with E-state index in [2.05, 4.69) is 37.8 Å². The third-order valence-electron chi connectivity index (χ3n) is 4.41. The summed E-state index contributed by atoms with van der Waals surface area (Å²) in [7, 11) is 3.37. The molecule has 0 amide bonds.